The van der Waals surface area contributed by atoms with E-state index < -0.39 is 5.92 Å². The largest absolute Gasteiger partial charge is 0.393 e. The molecule has 5 heteroatoms. The van der Waals surface area contributed by atoms with Crippen LogP contribution in [0.25, 0.3) is 0 Å². The van der Waals surface area contributed by atoms with E-state index in [2.05, 4.69) is 21.2 Å². The van der Waals surface area contributed by atoms with E-state index >= 15 is 0 Å². The molecule has 0 radical (unpaired) electrons. The molecule has 0 saturated heterocycles. The van der Waals surface area contributed by atoms with Crippen LogP contribution < -0.4 is 11.1 Å². The van der Waals surface area contributed by atoms with Gasteiger partial charge in [0.05, 0.1) is 16.6 Å². The van der Waals surface area contributed by atoms with Gasteiger partial charge >= 0.3 is 0 Å². The van der Waals surface area contributed by atoms with Gasteiger partial charge in [-0.05, 0) is 46.5 Å². The molecule has 1 aromatic rings. The van der Waals surface area contributed by atoms with Crippen molar-refractivity contribution in [2.75, 3.05) is 5.32 Å². The zero-order chi connectivity index (χ0) is 13.9. The Bertz CT molecular complexity index is 474. The number of carbonyl (C=O) groups excluding carboxylic acids is 1. The van der Waals surface area contributed by atoms with Crippen molar-refractivity contribution in [2.24, 2.45) is 17.6 Å². The van der Waals surface area contributed by atoms with Gasteiger partial charge < -0.3 is 11.1 Å². The maximum absolute atomic E-state index is 12.2. The lowest BCUT2D eigenvalue weighted by Crippen LogP contribution is -2.36. The van der Waals surface area contributed by atoms with Crippen LogP contribution in [0, 0.1) is 18.8 Å². The highest BCUT2D eigenvalue weighted by Crippen LogP contribution is 2.24. The topological polar surface area (TPSA) is 55.1 Å². The minimum absolute atomic E-state index is 0.0751. The first-order valence-electron chi connectivity index (χ1n) is 5.69. The SMILES string of the molecule is Cc1ccc(Br)c(NC(=O)C(C(N)=S)C(C)C)c1. The molecule has 0 aliphatic heterocycles. The Labute approximate surface area is 121 Å². The second kappa shape index (κ2) is 6.29. The third-order valence-corrected chi connectivity index (χ3v) is 3.58. The number of nitrogens with two attached hydrogens (primary N) is 1. The molecule has 0 fully saturated rings. The Balaban J connectivity index is 2.92. The van der Waals surface area contributed by atoms with Crippen molar-refractivity contribution in [1.82, 2.24) is 0 Å². The fraction of sp³-hybridized carbons (Fsp3) is 0.385. The van der Waals surface area contributed by atoms with Crippen LogP contribution in [-0.4, -0.2) is 10.9 Å². The third kappa shape index (κ3) is 3.78. The lowest BCUT2D eigenvalue weighted by Gasteiger charge is -2.19. The quantitative estimate of drug-likeness (QED) is 0.834. The van der Waals surface area contributed by atoms with Crippen molar-refractivity contribution >= 4 is 44.7 Å². The first-order chi connectivity index (χ1) is 8.32. The summed E-state index contributed by atoms with van der Waals surface area (Å²) in [7, 11) is 0. The summed E-state index contributed by atoms with van der Waals surface area (Å²) in [6.07, 6.45) is 0. The third-order valence-electron chi connectivity index (χ3n) is 2.64. The molecule has 3 N–H and O–H groups in total. The van der Waals surface area contributed by atoms with Crippen LogP contribution in [0.4, 0.5) is 5.69 Å². The number of amides is 1. The Morgan fingerprint density at radius 1 is 1.44 bits per heavy atom. The van der Waals surface area contributed by atoms with Crippen molar-refractivity contribution in [2.45, 2.75) is 20.8 Å². The van der Waals surface area contributed by atoms with Crippen molar-refractivity contribution in [3.05, 3.63) is 28.2 Å². The van der Waals surface area contributed by atoms with Gasteiger partial charge in [0.2, 0.25) is 5.91 Å². The fourth-order valence-electron chi connectivity index (χ4n) is 1.71. The summed E-state index contributed by atoms with van der Waals surface area (Å²) in [5.74, 6) is -0.540. The van der Waals surface area contributed by atoms with Gasteiger partial charge in [0, 0.05) is 4.47 Å². The maximum atomic E-state index is 12.2. The van der Waals surface area contributed by atoms with Gasteiger partial charge in [-0.15, -0.1) is 0 Å². The van der Waals surface area contributed by atoms with Crippen LogP contribution >= 0.6 is 28.1 Å². The van der Waals surface area contributed by atoms with Gasteiger partial charge in [0.15, 0.2) is 0 Å². The van der Waals surface area contributed by atoms with E-state index in [0.717, 1.165) is 15.7 Å². The molecule has 0 bridgehead atoms. The molecule has 0 aliphatic carbocycles. The summed E-state index contributed by atoms with van der Waals surface area (Å²) in [5.41, 5.74) is 7.43. The number of carbonyl (C=O) groups is 1. The van der Waals surface area contributed by atoms with Crippen molar-refractivity contribution in [3.8, 4) is 0 Å². The van der Waals surface area contributed by atoms with Crippen LogP contribution in [0.3, 0.4) is 0 Å². The van der Waals surface area contributed by atoms with Gasteiger partial charge in [-0.25, -0.2) is 0 Å². The molecular formula is C13H17BrN2OS. The van der Waals surface area contributed by atoms with Gasteiger partial charge in [0.1, 0.15) is 0 Å². The molecule has 18 heavy (non-hydrogen) atoms. The summed E-state index contributed by atoms with van der Waals surface area (Å²) in [5, 5.41) is 2.86. The predicted molar refractivity (Wildman–Crippen MR) is 82.6 cm³/mol. The van der Waals surface area contributed by atoms with Crippen LogP contribution in [0.15, 0.2) is 22.7 Å². The molecule has 0 heterocycles. The van der Waals surface area contributed by atoms with E-state index in [1.807, 2.05) is 39.0 Å². The number of hydrogen-bond donors (Lipinski definition) is 2. The molecule has 1 amide bonds. The summed E-state index contributed by atoms with van der Waals surface area (Å²) in [6, 6.07) is 5.77. The monoisotopic (exact) mass is 328 g/mol. The molecule has 0 aliphatic rings. The first kappa shape index (κ1) is 15.1. The number of aryl methyl sites for hydroxylation is 1. The zero-order valence-corrected chi connectivity index (χ0v) is 13.1. The van der Waals surface area contributed by atoms with E-state index in [9.17, 15) is 4.79 Å². The molecule has 1 atom stereocenters. The molecule has 98 valence electrons. The normalized spacial score (nSPS) is 12.3. The summed E-state index contributed by atoms with van der Waals surface area (Å²) >= 11 is 8.35. The Kier molecular flexibility index (Phi) is 5.28. The summed E-state index contributed by atoms with van der Waals surface area (Å²) in [6.45, 7) is 5.82. The smallest absolute Gasteiger partial charge is 0.234 e. The molecule has 0 aromatic heterocycles. The number of hydrogen-bond acceptors (Lipinski definition) is 2. The summed E-state index contributed by atoms with van der Waals surface area (Å²) in [4.78, 5) is 12.4. The van der Waals surface area contributed by atoms with Crippen LogP contribution in [0.1, 0.15) is 19.4 Å². The Morgan fingerprint density at radius 2 is 2.06 bits per heavy atom. The molecular weight excluding hydrogens is 312 g/mol. The van der Waals surface area contributed by atoms with E-state index in [-0.39, 0.29) is 16.8 Å². The molecule has 1 aromatic carbocycles. The number of anilines is 1. The molecule has 0 saturated carbocycles. The average molecular weight is 329 g/mol. The average Bonchev–Trinajstić information content (AvgIpc) is 2.22. The highest BCUT2D eigenvalue weighted by molar-refractivity contribution is 9.10. The van der Waals surface area contributed by atoms with Crippen LogP contribution in [0.5, 0.6) is 0 Å². The van der Waals surface area contributed by atoms with Gasteiger partial charge in [-0.2, -0.15) is 0 Å². The highest BCUT2D eigenvalue weighted by atomic mass is 79.9. The fourth-order valence-corrected chi connectivity index (χ4v) is 2.43. The van der Waals surface area contributed by atoms with Crippen molar-refractivity contribution in [3.63, 3.8) is 0 Å². The van der Waals surface area contributed by atoms with Gasteiger partial charge in [0.25, 0.3) is 0 Å². The number of benzene rings is 1. The lowest BCUT2D eigenvalue weighted by molar-refractivity contribution is -0.118. The molecule has 1 unspecified atom stereocenters. The summed E-state index contributed by atoms with van der Waals surface area (Å²) < 4.78 is 0.840. The molecule has 1 rings (SSSR count). The standard InChI is InChI=1S/C13H17BrN2OS/c1-7(2)11(12(15)18)13(17)16-10-6-8(3)4-5-9(10)14/h4-7,11H,1-3H3,(H2,15,18)(H,16,17). The number of nitrogens with one attached hydrogen (secondary N) is 1. The minimum atomic E-state index is -0.451. The number of rotatable bonds is 4. The number of halogens is 1. The zero-order valence-electron chi connectivity index (χ0n) is 10.7. The maximum Gasteiger partial charge on any atom is 0.234 e. The van der Waals surface area contributed by atoms with E-state index in [1.54, 1.807) is 0 Å². The van der Waals surface area contributed by atoms with E-state index in [1.165, 1.54) is 0 Å². The minimum Gasteiger partial charge on any atom is -0.393 e. The van der Waals surface area contributed by atoms with Crippen molar-refractivity contribution in [1.29, 1.82) is 0 Å². The first-order valence-corrected chi connectivity index (χ1v) is 6.89. The second-order valence-electron chi connectivity index (χ2n) is 4.60. The highest BCUT2D eigenvalue weighted by Gasteiger charge is 2.25. The van der Waals surface area contributed by atoms with Crippen molar-refractivity contribution < 1.29 is 4.79 Å². The Hall–Kier alpha value is -0.940. The lowest BCUT2D eigenvalue weighted by atomic mass is 9.95. The second-order valence-corrected chi connectivity index (χ2v) is 5.92. The molecule has 0 spiro atoms. The van der Waals surface area contributed by atoms with Crippen LogP contribution in [-0.2, 0) is 4.79 Å². The van der Waals surface area contributed by atoms with E-state index in [0.29, 0.717) is 0 Å². The van der Waals surface area contributed by atoms with Gasteiger partial charge in [-0.1, -0.05) is 32.1 Å². The van der Waals surface area contributed by atoms with Crippen LogP contribution in [0.2, 0.25) is 0 Å². The van der Waals surface area contributed by atoms with Gasteiger partial charge in [-0.3, -0.25) is 4.79 Å². The Morgan fingerprint density at radius 3 is 2.56 bits per heavy atom. The van der Waals surface area contributed by atoms with E-state index in [4.69, 9.17) is 18.0 Å². The predicted octanol–water partition coefficient (Wildman–Crippen LogP) is 3.25. The molecule has 3 nitrogen and oxygen atoms in total. The number of thiocarbonyl (C=S) groups is 1.